The van der Waals surface area contributed by atoms with Gasteiger partial charge in [0.05, 0.1) is 0 Å². The fourth-order valence-electron chi connectivity index (χ4n) is 1.15. The lowest BCUT2D eigenvalue weighted by Gasteiger charge is -1.86. The second-order valence-electron chi connectivity index (χ2n) is 3.14. The Bertz CT molecular complexity index is 262. The van der Waals surface area contributed by atoms with Gasteiger partial charge in [-0.2, -0.15) is 0 Å². The third-order valence-electron chi connectivity index (χ3n) is 1.90. The smallest absolute Gasteiger partial charge is 0.00978 e. The average Bonchev–Trinajstić information content (AvgIpc) is 2.22. The van der Waals surface area contributed by atoms with Gasteiger partial charge in [0.25, 0.3) is 0 Å². The van der Waals surface area contributed by atoms with Crippen LogP contribution < -0.4 is 0 Å². The summed E-state index contributed by atoms with van der Waals surface area (Å²) in [5, 5.41) is 0. The van der Waals surface area contributed by atoms with E-state index in [1.54, 1.807) is 0 Å². The summed E-state index contributed by atoms with van der Waals surface area (Å²) in [4.78, 5) is 0. The highest BCUT2D eigenvalue weighted by Crippen LogP contribution is 1.97. The first kappa shape index (κ1) is 10.8. The van der Waals surface area contributed by atoms with E-state index in [1.165, 1.54) is 0 Å². The molecule has 0 saturated carbocycles. The van der Waals surface area contributed by atoms with Gasteiger partial charge in [-0.05, 0) is 31.8 Å². The van der Waals surface area contributed by atoms with Crippen LogP contribution in [0, 0.1) is 6.08 Å². The number of rotatable bonds is 0. The van der Waals surface area contributed by atoms with E-state index in [2.05, 4.69) is 60.8 Å². The van der Waals surface area contributed by atoms with Crippen LogP contribution in [-0.2, 0) is 0 Å². The monoisotopic (exact) mass is 185 g/mol. The zero-order valence-electron chi connectivity index (χ0n) is 8.52. The van der Waals surface area contributed by atoms with Crippen molar-refractivity contribution in [1.29, 1.82) is 0 Å². The molecule has 0 heterocycles. The first-order valence-corrected chi connectivity index (χ1v) is 5.18. The molecule has 14 heavy (non-hydrogen) atoms. The Hall–Kier alpha value is -1.30. The number of hydrogen-bond acceptors (Lipinski definition) is 0. The van der Waals surface area contributed by atoms with E-state index in [0.29, 0.717) is 0 Å². The van der Waals surface area contributed by atoms with Crippen molar-refractivity contribution < 1.29 is 0 Å². The molecule has 0 heteroatoms. The second kappa shape index (κ2) is 8.31. The van der Waals surface area contributed by atoms with Gasteiger partial charge < -0.3 is 0 Å². The number of hydrogen-bond donors (Lipinski definition) is 0. The summed E-state index contributed by atoms with van der Waals surface area (Å²) in [6, 6.07) is 0. The van der Waals surface area contributed by atoms with E-state index in [-0.39, 0.29) is 0 Å². The van der Waals surface area contributed by atoms with Gasteiger partial charge >= 0.3 is 0 Å². The molecule has 0 fully saturated rings. The first-order valence-electron chi connectivity index (χ1n) is 5.18. The minimum atomic E-state index is 0.938. The number of allylic oxidation sites excluding steroid dienone is 10. The quantitative estimate of drug-likeness (QED) is 0.497. The summed E-state index contributed by atoms with van der Waals surface area (Å²) in [5.74, 6) is 0. The van der Waals surface area contributed by atoms with E-state index in [4.69, 9.17) is 0 Å². The largest absolute Gasteiger partial charge is 0.0844 e. The molecule has 1 aliphatic rings. The summed E-state index contributed by atoms with van der Waals surface area (Å²) in [7, 11) is 0. The van der Waals surface area contributed by atoms with Gasteiger partial charge in [-0.15, -0.1) is 0 Å². The van der Waals surface area contributed by atoms with Gasteiger partial charge in [0.15, 0.2) is 0 Å². The molecule has 0 amide bonds. The minimum Gasteiger partial charge on any atom is -0.0844 e. The van der Waals surface area contributed by atoms with Crippen molar-refractivity contribution in [3.8, 4) is 0 Å². The SMILES string of the molecule is [C]1=C/CC/C=C/C=C\C=C\C/C=C/C/1. The lowest BCUT2D eigenvalue weighted by molar-refractivity contribution is 1.04. The van der Waals surface area contributed by atoms with Gasteiger partial charge in [-0.25, -0.2) is 0 Å². The topological polar surface area (TPSA) is 0 Å². The summed E-state index contributed by atoms with van der Waals surface area (Å²) >= 11 is 0. The summed E-state index contributed by atoms with van der Waals surface area (Å²) < 4.78 is 0. The van der Waals surface area contributed by atoms with Gasteiger partial charge in [0.1, 0.15) is 0 Å². The Morgan fingerprint density at radius 1 is 0.714 bits per heavy atom. The summed E-state index contributed by atoms with van der Waals surface area (Å²) in [6.07, 6.45) is 26.5. The van der Waals surface area contributed by atoms with Crippen LogP contribution >= 0.6 is 0 Å². The van der Waals surface area contributed by atoms with E-state index in [1.807, 2.05) is 0 Å². The molecule has 0 spiro atoms. The van der Waals surface area contributed by atoms with Crippen LogP contribution in [0.3, 0.4) is 0 Å². The van der Waals surface area contributed by atoms with Gasteiger partial charge in [-0.3, -0.25) is 0 Å². The van der Waals surface area contributed by atoms with Crippen LogP contribution in [0.15, 0.2) is 54.7 Å². The molecule has 0 N–H and O–H groups in total. The van der Waals surface area contributed by atoms with Crippen LogP contribution in [-0.4, -0.2) is 0 Å². The Balaban J connectivity index is 2.45. The van der Waals surface area contributed by atoms with E-state index < -0.39 is 0 Å². The molecular weight excluding hydrogens is 168 g/mol. The van der Waals surface area contributed by atoms with Crippen molar-refractivity contribution in [2.45, 2.75) is 25.7 Å². The highest BCUT2D eigenvalue weighted by Gasteiger charge is 1.77. The van der Waals surface area contributed by atoms with Crippen molar-refractivity contribution in [2.75, 3.05) is 0 Å². The van der Waals surface area contributed by atoms with Gasteiger partial charge in [0.2, 0.25) is 0 Å². The van der Waals surface area contributed by atoms with Crippen molar-refractivity contribution >= 4 is 0 Å². The van der Waals surface area contributed by atoms with E-state index in [9.17, 15) is 0 Å². The van der Waals surface area contributed by atoms with Crippen LogP contribution in [0.5, 0.6) is 0 Å². The third kappa shape index (κ3) is 6.24. The fourth-order valence-corrected chi connectivity index (χ4v) is 1.15. The minimum absolute atomic E-state index is 0.938. The molecule has 0 aromatic rings. The molecular formula is C14H17. The molecule has 0 bridgehead atoms. The van der Waals surface area contributed by atoms with Crippen molar-refractivity contribution in [2.24, 2.45) is 0 Å². The Morgan fingerprint density at radius 3 is 2.50 bits per heavy atom. The van der Waals surface area contributed by atoms with Gasteiger partial charge in [0, 0.05) is 0 Å². The molecule has 0 aliphatic heterocycles. The van der Waals surface area contributed by atoms with Crippen LogP contribution in [0.2, 0.25) is 0 Å². The highest BCUT2D eigenvalue weighted by atomic mass is 13.8. The van der Waals surface area contributed by atoms with Crippen LogP contribution in [0.25, 0.3) is 0 Å². The second-order valence-corrected chi connectivity index (χ2v) is 3.14. The predicted molar refractivity (Wildman–Crippen MR) is 62.8 cm³/mol. The lowest BCUT2D eigenvalue weighted by atomic mass is 10.2. The molecule has 0 aromatic carbocycles. The molecule has 0 aromatic heterocycles. The standard InChI is InChI=1S/C14H17/c1-2-4-6-8-10-12-14-13-11-9-7-5-3-1/h1-6,9,11-12H,7-8,10,13H2/b2-1-,5-3+,6-4+,11-9+,14-12?. The highest BCUT2D eigenvalue weighted by molar-refractivity contribution is 5.12. The van der Waals surface area contributed by atoms with Crippen molar-refractivity contribution in [3.05, 3.63) is 60.8 Å². The van der Waals surface area contributed by atoms with E-state index in [0.717, 1.165) is 25.7 Å². The molecule has 0 nitrogen and oxygen atoms in total. The molecule has 0 saturated heterocycles. The fraction of sp³-hybridized carbons (Fsp3) is 0.286. The van der Waals surface area contributed by atoms with Gasteiger partial charge in [-0.1, -0.05) is 54.7 Å². The zero-order valence-corrected chi connectivity index (χ0v) is 8.52. The Kier molecular flexibility index (Phi) is 6.39. The molecule has 73 valence electrons. The summed E-state index contributed by atoms with van der Waals surface area (Å²) in [5.41, 5.74) is 0. The van der Waals surface area contributed by atoms with Crippen molar-refractivity contribution in [1.82, 2.24) is 0 Å². The normalized spacial score (nSPS) is 29.7. The Labute approximate surface area is 87.0 Å². The molecule has 1 radical (unpaired) electrons. The molecule has 1 aliphatic carbocycles. The Morgan fingerprint density at radius 2 is 1.57 bits per heavy atom. The maximum absolute atomic E-state index is 3.25. The molecule has 0 unspecified atom stereocenters. The third-order valence-corrected chi connectivity index (χ3v) is 1.90. The maximum atomic E-state index is 3.25. The van der Waals surface area contributed by atoms with Crippen LogP contribution in [0.4, 0.5) is 0 Å². The van der Waals surface area contributed by atoms with Crippen molar-refractivity contribution in [3.63, 3.8) is 0 Å². The maximum Gasteiger partial charge on any atom is -0.00978 e. The summed E-state index contributed by atoms with van der Waals surface area (Å²) in [6.45, 7) is 0. The van der Waals surface area contributed by atoms with E-state index >= 15 is 0 Å². The lowest BCUT2D eigenvalue weighted by Crippen LogP contribution is -1.67. The average molecular weight is 185 g/mol. The van der Waals surface area contributed by atoms with Crippen LogP contribution in [0.1, 0.15) is 25.7 Å². The predicted octanol–water partition coefficient (Wildman–Crippen LogP) is 4.14. The zero-order chi connectivity index (χ0) is 9.90. The molecule has 0 atom stereocenters. The molecule has 1 rings (SSSR count). The first-order chi connectivity index (χ1) is 7.00.